The van der Waals surface area contributed by atoms with Crippen molar-refractivity contribution >= 4 is 17.6 Å². The Morgan fingerprint density at radius 3 is 2.48 bits per heavy atom. The third-order valence-electron chi connectivity index (χ3n) is 5.14. The van der Waals surface area contributed by atoms with Crippen LogP contribution in [0.25, 0.3) is 0 Å². The van der Waals surface area contributed by atoms with Gasteiger partial charge in [-0.3, -0.25) is 4.79 Å². The van der Waals surface area contributed by atoms with Crippen LogP contribution in [0.5, 0.6) is 11.5 Å². The van der Waals surface area contributed by atoms with Gasteiger partial charge in [0, 0.05) is 0 Å². The van der Waals surface area contributed by atoms with Crippen LogP contribution in [-0.4, -0.2) is 32.2 Å². The van der Waals surface area contributed by atoms with Gasteiger partial charge >= 0.3 is 5.97 Å². The van der Waals surface area contributed by atoms with Gasteiger partial charge in [0.25, 0.3) is 5.91 Å². The summed E-state index contributed by atoms with van der Waals surface area (Å²) >= 11 is 0. The van der Waals surface area contributed by atoms with E-state index < -0.39 is 12.1 Å². The van der Waals surface area contributed by atoms with Crippen molar-refractivity contribution in [2.45, 2.75) is 45.1 Å². The van der Waals surface area contributed by atoms with E-state index >= 15 is 0 Å². The molecular weight excluding hydrogens is 370 g/mol. The molecule has 2 aromatic carbocycles. The predicted molar refractivity (Wildman–Crippen MR) is 111 cm³/mol. The van der Waals surface area contributed by atoms with Gasteiger partial charge in [-0.15, -0.1) is 0 Å². The van der Waals surface area contributed by atoms with E-state index in [-0.39, 0.29) is 5.91 Å². The molecule has 6 heteroatoms. The summed E-state index contributed by atoms with van der Waals surface area (Å²) in [6.07, 6.45) is 4.39. The highest BCUT2D eigenvalue weighted by molar-refractivity contribution is 5.98. The highest BCUT2D eigenvalue weighted by atomic mass is 16.5. The van der Waals surface area contributed by atoms with E-state index in [1.807, 2.05) is 19.1 Å². The normalized spacial score (nSPS) is 13.8. The zero-order chi connectivity index (χ0) is 20.8. The van der Waals surface area contributed by atoms with E-state index in [2.05, 4.69) is 11.4 Å². The molecule has 0 saturated heterocycles. The second kappa shape index (κ2) is 9.45. The number of aryl methyl sites for hydroxylation is 2. The quantitative estimate of drug-likeness (QED) is 0.710. The number of ether oxygens (including phenoxy) is 3. The lowest BCUT2D eigenvalue weighted by atomic mass is 9.92. The van der Waals surface area contributed by atoms with Crippen LogP contribution < -0.4 is 14.8 Å². The number of carbonyl (C=O) groups excluding carboxylic acids is 2. The monoisotopic (exact) mass is 397 g/mol. The van der Waals surface area contributed by atoms with Crippen LogP contribution in [0.1, 0.15) is 47.7 Å². The van der Waals surface area contributed by atoms with E-state index in [4.69, 9.17) is 14.2 Å². The lowest BCUT2D eigenvalue weighted by Gasteiger charge is -2.21. The number of rotatable bonds is 7. The second-order valence-electron chi connectivity index (χ2n) is 7.05. The summed E-state index contributed by atoms with van der Waals surface area (Å²) < 4.78 is 16.0. The maximum atomic E-state index is 12.8. The summed E-state index contributed by atoms with van der Waals surface area (Å²) in [5.41, 5.74) is 3.39. The first-order chi connectivity index (χ1) is 14.0. The molecule has 1 aliphatic rings. The van der Waals surface area contributed by atoms with Gasteiger partial charge in [0.1, 0.15) is 11.5 Å². The van der Waals surface area contributed by atoms with E-state index in [1.165, 1.54) is 44.3 Å². The van der Waals surface area contributed by atoms with Gasteiger partial charge in [0.15, 0.2) is 6.10 Å². The van der Waals surface area contributed by atoms with Crippen molar-refractivity contribution in [1.29, 1.82) is 0 Å². The first-order valence-corrected chi connectivity index (χ1v) is 9.91. The fourth-order valence-corrected chi connectivity index (χ4v) is 3.53. The fraction of sp³-hybridized carbons (Fsp3) is 0.391. The summed E-state index contributed by atoms with van der Waals surface area (Å²) in [4.78, 5) is 24.6. The molecule has 0 heterocycles. The van der Waals surface area contributed by atoms with Crippen LogP contribution >= 0.6 is 0 Å². The van der Waals surface area contributed by atoms with Crippen molar-refractivity contribution in [2.24, 2.45) is 0 Å². The molecule has 3 rings (SSSR count). The van der Waals surface area contributed by atoms with Crippen LogP contribution in [0.4, 0.5) is 5.69 Å². The van der Waals surface area contributed by atoms with Gasteiger partial charge in [-0.25, -0.2) is 4.79 Å². The predicted octanol–water partition coefficient (Wildman–Crippen LogP) is 4.16. The Hall–Kier alpha value is -3.02. The number of hydrogen-bond acceptors (Lipinski definition) is 5. The van der Waals surface area contributed by atoms with Gasteiger partial charge in [-0.1, -0.05) is 13.0 Å². The second-order valence-corrected chi connectivity index (χ2v) is 7.05. The van der Waals surface area contributed by atoms with Gasteiger partial charge in [0.2, 0.25) is 0 Å². The number of anilines is 1. The summed E-state index contributed by atoms with van der Waals surface area (Å²) in [6.45, 7) is 1.89. The van der Waals surface area contributed by atoms with E-state index in [1.54, 1.807) is 12.1 Å². The number of amides is 1. The molecule has 2 aromatic rings. The van der Waals surface area contributed by atoms with Crippen LogP contribution in [0.15, 0.2) is 36.4 Å². The summed E-state index contributed by atoms with van der Waals surface area (Å²) in [7, 11) is 2.81. The molecule has 6 nitrogen and oxygen atoms in total. The van der Waals surface area contributed by atoms with Crippen LogP contribution in [0.2, 0.25) is 0 Å². The molecule has 0 saturated carbocycles. The number of nitrogens with one attached hydrogen (secondary N) is 1. The van der Waals surface area contributed by atoms with E-state index in [9.17, 15) is 9.59 Å². The average Bonchev–Trinajstić information content (AvgIpc) is 2.76. The number of esters is 1. The minimum absolute atomic E-state index is 0.300. The summed E-state index contributed by atoms with van der Waals surface area (Å²) in [6, 6.07) is 10.8. The number of hydrogen-bond donors (Lipinski definition) is 1. The number of carbonyl (C=O) groups is 2. The third-order valence-corrected chi connectivity index (χ3v) is 5.14. The van der Waals surface area contributed by atoms with Crippen LogP contribution in [0.3, 0.4) is 0 Å². The van der Waals surface area contributed by atoms with E-state index in [0.717, 1.165) is 12.8 Å². The van der Waals surface area contributed by atoms with Gasteiger partial charge in [-0.2, -0.15) is 0 Å². The molecule has 1 N–H and O–H groups in total. The number of benzene rings is 2. The molecule has 0 aromatic heterocycles. The zero-order valence-corrected chi connectivity index (χ0v) is 17.1. The smallest absolute Gasteiger partial charge is 0.337 e. The molecule has 0 spiro atoms. The fourth-order valence-electron chi connectivity index (χ4n) is 3.53. The molecule has 0 aliphatic heterocycles. The van der Waals surface area contributed by atoms with Gasteiger partial charge in [0.05, 0.1) is 25.5 Å². The minimum Gasteiger partial charge on any atom is -0.495 e. The van der Waals surface area contributed by atoms with Crippen molar-refractivity contribution in [2.75, 3.05) is 19.5 Å². The topological polar surface area (TPSA) is 73.9 Å². The summed E-state index contributed by atoms with van der Waals surface area (Å²) in [5.74, 6) is 0.364. The Morgan fingerprint density at radius 2 is 1.79 bits per heavy atom. The summed E-state index contributed by atoms with van der Waals surface area (Å²) in [5, 5.41) is 2.82. The Kier molecular flexibility index (Phi) is 6.75. The Balaban J connectivity index is 1.75. The van der Waals surface area contributed by atoms with Crippen LogP contribution in [-0.2, 0) is 22.4 Å². The molecule has 0 fully saturated rings. The first kappa shape index (κ1) is 20.7. The van der Waals surface area contributed by atoms with E-state index in [0.29, 0.717) is 29.2 Å². The lowest BCUT2D eigenvalue weighted by Crippen LogP contribution is -2.32. The molecule has 154 valence electrons. The molecule has 1 atom stereocenters. The number of methoxy groups -OCH3 is 2. The molecule has 29 heavy (non-hydrogen) atoms. The molecule has 1 amide bonds. The molecule has 0 bridgehead atoms. The molecule has 1 aliphatic carbocycles. The highest BCUT2D eigenvalue weighted by Crippen LogP contribution is 2.28. The minimum atomic E-state index is -0.664. The number of fused-ring (bicyclic) bond motifs is 1. The maximum absolute atomic E-state index is 12.8. The molecule has 0 unspecified atom stereocenters. The van der Waals surface area contributed by atoms with Crippen molar-refractivity contribution < 1.29 is 23.8 Å². The maximum Gasteiger partial charge on any atom is 0.337 e. The Morgan fingerprint density at radius 1 is 1.03 bits per heavy atom. The molecular formula is C23H27NO5. The van der Waals surface area contributed by atoms with Gasteiger partial charge < -0.3 is 19.5 Å². The van der Waals surface area contributed by atoms with Gasteiger partial charge in [-0.05, 0) is 73.6 Å². The lowest BCUT2D eigenvalue weighted by molar-refractivity contribution is -0.122. The average molecular weight is 397 g/mol. The molecule has 0 radical (unpaired) electrons. The van der Waals surface area contributed by atoms with Crippen LogP contribution in [0, 0.1) is 0 Å². The third kappa shape index (κ3) is 4.88. The highest BCUT2D eigenvalue weighted by Gasteiger charge is 2.21. The van der Waals surface area contributed by atoms with Crippen molar-refractivity contribution in [3.63, 3.8) is 0 Å². The Bertz CT molecular complexity index is 893. The first-order valence-electron chi connectivity index (χ1n) is 9.91. The Labute approximate surface area is 171 Å². The largest absolute Gasteiger partial charge is 0.495 e. The van der Waals surface area contributed by atoms with Crippen molar-refractivity contribution in [1.82, 2.24) is 0 Å². The SMILES string of the molecule is CC[C@@H](Oc1ccc2c(c1)CCCC2)C(=O)Nc1cc(C(=O)OC)ccc1OC. The standard InChI is InChI=1S/C23H27NO5/c1-4-20(29-18-11-9-15-7-5-6-8-16(15)13-18)22(25)24-19-14-17(23(26)28-3)10-12-21(19)27-2/h9-14,20H,4-8H2,1-3H3,(H,24,25)/t20-/m1/s1. The van der Waals surface area contributed by atoms with Crippen molar-refractivity contribution in [3.05, 3.63) is 53.1 Å². The van der Waals surface area contributed by atoms with Crippen molar-refractivity contribution in [3.8, 4) is 11.5 Å². The zero-order valence-electron chi connectivity index (χ0n) is 17.1.